The number of carbonyl (C=O) groups is 2. The minimum absolute atomic E-state index is 0.0924. The molecule has 0 spiro atoms. The molecular formula is C59H54NO10+. The zero-order valence-electron chi connectivity index (χ0n) is 38.7. The maximum atomic E-state index is 14.2. The van der Waals surface area contributed by atoms with E-state index < -0.39 is 18.0 Å². The van der Waals surface area contributed by atoms with Crippen molar-refractivity contribution in [2.45, 2.75) is 45.7 Å². The van der Waals surface area contributed by atoms with E-state index in [9.17, 15) is 9.59 Å². The van der Waals surface area contributed by atoms with Crippen LogP contribution in [0.2, 0.25) is 0 Å². The first-order chi connectivity index (χ1) is 34.5. The van der Waals surface area contributed by atoms with Crippen molar-refractivity contribution in [3.8, 4) is 34.5 Å². The summed E-state index contributed by atoms with van der Waals surface area (Å²) < 4.78 is 50.2. The van der Waals surface area contributed by atoms with Crippen molar-refractivity contribution < 1.29 is 53.2 Å². The number of carbonyl (C=O) groups excluding carboxylic acids is 2. The zero-order chi connectivity index (χ0) is 48.2. The molecule has 0 aliphatic carbocycles. The summed E-state index contributed by atoms with van der Waals surface area (Å²) in [6.07, 6.45) is -0.927. The van der Waals surface area contributed by atoms with Gasteiger partial charge in [0.25, 0.3) is 0 Å². The van der Waals surface area contributed by atoms with E-state index in [1.807, 2.05) is 182 Å². The van der Waals surface area contributed by atoms with Crippen molar-refractivity contribution in [1.82, 2.24) is 0 Å². The Morgan fingerprint density at radius 3 is 0.886 bits per heavy atom. The molecule has 0 radical (unpaired) electrons. The Labute approximate surface area is 407 Å². The van der Waals surface area contributed by atoms with Crippen molar-refractivity contribution in [2.75, 3.05) is 13.2 Å². The first kappa shape index (κ1) is 47.9. The lowest BCUT2D eigenvalue weighted by Crippen LogP contribution is -2.57. The fraction of sp³-hybridized carbons (Fsp3) is 0.153. The number of quaternary nitrogens is 1. The van der Waals surface area contributed by atoms with Crippen molar-refractivity contribution in [2.24, 2.45) is 0 Å². The van der Waals surface area contributed by atoms with Crippen LogP contribution in [0.3, 0.4) is 0 Å². The highest BCUT2D eigenvalue weighted by molar-refractivity contribution is 5.92. The molecule has 8 rings (SSSR count). The van der Waals surface area contributed by atoms with Gasteiger partial charge in [-0.1, -0.05) is 182 Å². The third kappa shape index (κ3) is 14.0. The molecule has 1 unspecified atom stereocenters. The fourth-order valence-corrected chi connectivity index (χ4v) is 7.15. The lowest BCUT2D eigenvalue weighted by atomic mass is 10.1. The summed E-state index contributed by atoms with van der Waals surface area (Å²) in [6.45, 7) is 0.989. The van der Waals surface area contributed by atoms with Crippen LogP contribution in [0, 0.1) is 0 Å². The van der Waals surface area contributed by atoms with Gasteiger partial charge in [-0.15, -0.1) is 0 Å². The van der Waals surface area contributed by atoms with E-state index in [0.717, 1.165) is 33.4 Å². The predicted octanol–water partition coefficient (Wildman–Crippen LogP) is 10.8. The van der Waals surface area contributed by atoms with Crippen LogP contribution in [-0.4, -0.2) is 31.2 Å². The molecular weight excluding hydrogens is 883 g/mol. The van der Waals surface area contributed by atoms with E-state index >= 15 is 0 Å². The minimum atomic E-state index is -0.927. The second-order valence-electron chi connectivity index (χ2n) is 16.2. The average molecular weight is 937 g/mol. The highest BCUT2D eigenvalue weighted by Crippen LogP contribution is 2.42. The van der Waals surface area contributed by atoms with Gasteiger partial charge in [-0.25, -0.2) is 9.59 Å². The first-order valence-electron chi connectivity index (χ1n) is 23.0. The van der Waals surface area contributed by atoms with Gasteiger partial charge >= 0.3 is 11.9 Å². The Bertz CT molecular complexity index is 2740. The molecule has 70 heavy (non-hydrogen) atoms. The number of ether oxygens (including phenoxy) is 8. The Morgan fingerprint density at radius 2 is 0.614 bits per heavy atom. The van der Waals surface area contributed by atoms with Crippen LogP contribution in [0.4, 0.5) is 0 Å². The molecule has 0 aliphatic rings. The predicted molar refractivity (Wildman–Crippen MR) is 265 cm³/mol. The lowest BCUT2D eigenvalue weighted by molar-refractivity contribution is -0.384. The Kier molecular flexibility index (Phi) is 17.1. The molecule has 11 heteroatoms. The lowest BCUT2D eigenvalue weighted by Gasteiger charge is -2.20. The quantitative estimate of drug-likeness (QED) is 0.0583. The summed E-state index contributed by atoms with van der Waals surface area (Å²) in [6, 6.07) is 64.4. The monoisotopic (exact) mass is 936 g/mol. The third-order valence-corrected chi connectivity index (χ3v) is 10.9. The summed E-state index contributed by atoms with van der Waals surface area (Å²) in [5.74, 6) is 0.364. The van der Waals surface area contributed by atoms with E-state index in [2.05, 4.69) is 5.73 Å². The number of hydrogen-bond acceptors (Lipinski definition) is 10. The summed E-state index contributed by atoms with van der Waals surface area (Å²) in [7, 11) is 0. The van der Waals surface area contributed by atoms with Crippen LogP contribution >= 0.6 is 0 Å². The van der Waals surface area contributed by atoms with Gasteiger partial charge in [-0.05, 0) is 57.6 Å². The number of hydrogen-bond donors (Lipinski definition) is 1. The summed E-state index contributed by atoms with van der Waals surface area (Å²) >= 11 is 0. The molecule has 1 atom stereocenters. The van der Waals surface area contributed by atoms with Crippen LogP contribution in [-0.2, 0) is 49.1 Å². The number of rotatable bonds is 24. The highest BCUT2D eigenvalue weighted by atomic mass is 16.6. The SMILES string of the molecule is [NH3+]CC(COC(=O)c1cc(OCc2ccccc2)c(OCc2ccccc2)c(OCc2ccccc2)c1)OC(=O)c1cc(OCc2ccccc2)c(OCc2ccccc2)c(OCc2ccccc2)c1. The molecule has 0 saturated heterocycles. The van der Waals surface area contributed by atoms with Crippen LogP contribution in [0.1, 0.15) is 54.1 Å². The van der Waals surface area contributed by atoms with Crippen LogP contribution in [0.5, 0.6) is 34.5 Å². The molecule has 3 N–H and O–H groups in total. The van der Waals surface area contributed by atoms with Gasteiger partial charge in [0.15, 0.2) is 29.1 Å². The Hall–Kier alpha value is -8.54. The topological polar surface area (TPSA) is 136 Å². The van der Waals surface area contributed by atoms with Gasteiger partial charge in [-0.2, -0.15) is 0 Å². The molecule has 0 bridgehead atoms. The Morgan fingerprint density at radius 1 is 0.357 bits per heavy atom. The maximum absolute atomic E-state index is 14.2. The largest absolute Gasteiger partial charge is 0.485 e. The first-order valence-corrected chi connectivity index (χ1v) is 23.0. The van der Waals surface area contributed by atoms with Gasteiger partial charge in [0.1, 0.15) is 52.8 Å². The van der Waals surface area contributed by atoms with Crippen molar-refractivity contribution in [3.63, 3.8) is 0 Å². The zero-order valence-corrected chi connectivity index (χ0v) is 38.7. The molecule has 0 aliphatic heterocycles. The summed E-state index contributed by atoms with van der Waals surface area (Å²) in [5.41, 5.74) is 9.79. The second-order valence-corrected chi connectivity index (χ2v) is 16.2. The molecule has 0 fully saturated rings. The second kappa shape index (κ2) is 25.0. The summed E-state index contributed by atoms with van der Waals surface area (Å²) in [5, 5.41) is 0. The third-order valence-electron chi connectivity index (χ3n) is 10.9. The van der Waals surface area contributed by atoms with E-state index in [1.54, 1.807) is 24.3 Å². The van der Waals surface area contributed by atoms with E-state index in [1.165, 1.54) is 0 Å². The molecule has 8 aromatic carbocycles. The maximum Gasteiger partial charge on any atom is 0.339 e. The van der Waals surface area contributed by atoms with Crippen molar-refractivity contribution in [1.29, 1.82) is 0 Å². The minimum Gasteiger partial charge on any atom is -0.485 e. The van der Waals surface area contributed by atoms with Crippen LogP contribution in [0.15, 0.2) is 206 Å². The smallest absolute Gasteiger partial charge is 0.339 e. The van der Waals surface area contributed by atoms with E-state index in [0.29, 0.717) is 11.5 Å². The normalized spacial score (nSPS) is 11.2. The molecule has 0 saturated carbocycles. The van der Waals surface area contributed by atoms with Gasteiger partial charge in [0, 0.05) is 0 Å². The van der Waals surface area contributed by atoms with Crippen molar-refractivity contribution in [3.05, 3.63) is 251 Å². The van der Waals surface area contributed by atoms with Gasteiger partial charge in [0.2, 0.25) is 11.5 Å². The molecule has 0 heterocycles. The number of esters is 2. The molecule has 0 amide bonds. The summed E-state index contributed by atoms with van der Waals surface area (Å²) in [4.78, 5) is 28.2. The Balaban J connectivity index is 1.04. The van der Waals surface area contributed by atoms with E-state index in [-0.39, 0.29) is 86.9 Å². The fourth-order valence-electron chi connectivity index (χ4n) is 7.15. The van der Waals surface area contributed by atoms with E-state index in [4.69, 9.17) is 37.9 Å². The van der Waals surface area contributed by atoms with Crippen LogP contribution < -0.4 is 34.2 Å². The number of benzene rings is 8. The molecule has 0 aromatic heterocycles. The average Bonchev–Trinajstić information content (AvgIpc) is 3.42. The highest BCUT2D eigenvalue weighted by Gasteiger charge is 2.26. The molecule has 11 nitrogen and oxygen atoms in total. The van der Waals surface area contributed by atoms with Crippen LogP contribution in [0.25, 0.3) is 0 Å². The molecule has 354 valence electrons. The molecule has 8 aromatic rings. The van der Waals surface area contributed by atoms with Gasteiger partial charge < -0.3 is 43.6 Å². The van der Waals surface area contributed by atoms with Gasteiger partial charge in [0.05, 0.1) is 11.1 Å². The standard InChI is InChI=1S/C59H53NO10/c60-35-51(70-59(62)50-33-54(65-38-45-23-11-3-12-24-45)57(68-41-48-29-17-6-18-30-48)55(34-50)66-39-46-25-13-4-14-26-46)42-69-58(61)49-31-52(63-36-43-19-7-1-8-20-43)56(67-40-47-27-15-5-16-28-47)53(32-49)64-37-44-21-9-2-10-22-44/h1-34,51H,35-42,60H2/p+1. The van der Waals surface area contributed by atoms with Crippen molar-refractivity contribution >= 4 is 11.9 Å². The van der Waals surface area contributed by atoms with Gasteiger partial charge in [-0.3, -0.25) is 0 Å².